The third-order valence-corrected chi connectivity index (χ3v) is 4.71. The lowest BCUT2D eigenvalue weighted by Crippen LogP contribution is -2.45. The van der Waals surface area contributed by atoms with Crippen molar-refractivity contribution in [3.63, 3.8) is 0 Å². The van der Waals surface area contributed by atoms with Crippen molar-refractivity contribution in [3.05, 3.63) is 24.3 Å². The van der Waals surface area contributed by atoms with Crippen LogP contribution < -0.4 is 9.64 Å². The molecule has 2 fully saturated rings. The molecule has 22 heavy (non-hydrogen) atoms. The van der Waals surface area contributed by atoms with Gasteiger partial charge in [-0.3, -0.25) is 14.5 Å². The molecule has 5 heteroatoms. The zero-order valence-electron chi connectivity index (χ0n) is 13.1. The van der Waals surface area contributed by atoms with Crippen molar-refractivity contribution in [2.24, 2.45) is 5.92 Å². The van der Waals surface area contributed by atoms with Gasteiger partial charge in [0.2, 0.25) is 5.91 Å². The Morgan fingerprint density at radius 2 is 1.73 bits per heavy atom. The number of likely N-dealkylation sites (tertiary alicyclic amines) is 1. The number of rotatable bonds is 3. The SMILES string of the molecule is COc1ccc(N2C(=O)C[C@H](N3CCC(C)CC3)C2=O)cc1. The number of hydrogen-bond acceptors (Lipinski definition) is 4. The van der Waals surface area contributed by atoms with Crippen molar-refractivity contribution in [2.75, 3.05) is 25.1 Å². The number of carbonyl (C=O) groups is 2. The first-order valence-electron chi connectivity index (χ1n) is 7.85. The van der Waals surface area contributed by atoms with Gasteiger partial charge in [-0.05, 0) is 56.1 Å². The highest BCUT2D eigenvalue weighted by molar-refractivity contribution is 6.22. The van der Waals surface area contributed by atoms with Gasteiger partial charge in [-0.15, -0.1) is 0 Å². The van der Waals surface area contributed by atoms with E-state index in [-0.39, 0.29) is 17.9 Å². The van der Waals surface area contributed by atoms with E-state index in [9.17, 15) is 9.59 Å². The van der Waals surface area contributed by atoms with Crippen LogP contribution in [0.2, 0.25) is 0 Å². The molecule has 0 aromatic heterocycles. The molecule has 0 bridgehead atoms. The maximum atomic E-state index is 12.7. The zero-order valence-corrected chi connectivity index (χ0v) is 13.1. The minimum absolute atomic E-state index is 0.0929. The molecule has 5 nitrogen and oxygen atoms in total. The Morgan fingerprint density at radius 3 is 2.32 bits per heavy atom. The second-order valence-electron chi connectivity index (χ2n) is 6.20. The van der Waals surface area contributed by atoms with Crippen molar-refractivity contribution in [2.45, 2.75) is 32.2 Å². The largest absolute Gasteiger partial charge is 0.497 e. The molecular formula is C17H22N2O3. The standard InChI is InChI=1S/C17H22N2O3/c1-12-7-9-18(10-8-12)15-11-16(20)19(17(15)21)13-3-5-14(22-2)6-4-13/h3-6,12,15H,7-11H2,1-2H3/t15-/m0/s1. The fourth-order valence-electron chi connectivity index (χ4n) is 3.24. The van der Waals surface area contributed by atoms with Gasteiger partial charge in [0, 0.05) is 0 Å². The summed E-state index contributed by atoms with van der Waals surface area (Å²) in [6.45, 7) is 4.05. The zero-order chi connectivity index (χ0) is 15.7. The molecule has 3 rings (SSSR count). The quantitative estimate of drug-likeness (QED) is 0.802. The van der Waals surface area contributed by atoms with Crippen molar-refractivity contribution in [3.8, 4) is 5.75 Å². The number of methoxy groups -OCH3 is 1. The van der Waals surface area contributed by atoms with Crippen LogP contribution in [0.1, 0.15) is 26.2 Å². The average Bonchev–Trinajstić information content (AvgIpc) is 2.83. The summed E-state index contributed by atoms with van der Waals surface area (Å²) in [7, 11) is 1.59. The summed E-state index contributed by atoms with van der Waals surface area (Å²) >= 11 is 0. The monoisotopic (exact) mass is 302 g/mol. The highest BCUT2D eigenvalue weighted by Crippen LogP contribution is 2.29. The molecule has 0 N–H and O–H groups in total. The van der Waals surface area contributed by atoms with Gasteiger partial charge in [-0.2, -0.15) is 0 Å². The van der Waals surface area contributed by atoms with Crippen LogP contribution in [0.15, 0.2) is 24.3 Å². The van der Waals surface area contributed by atoms with Crippen LogP contribution in [0.3, 0.4) is 0 Å². The minimum Gasteiger partial charge on any atom is -0.497 e. The Balaban J connectivity index is 1.76. The predicted molar refractivity (Wildman–Crippen MR) is 83.9 cm³/mol. The van der Waals surface area contributed by atoms with Gasteiger partial charge in [-0.1, -0.05) is 6.92 Å². The van der Waals surface area contributed by atoms with Gasteiger partial charge in [0.15, 0.2) is 0 Å². The molecule has 1 aromatic carbocycles. The van der Waals surface area contributed by atoms with Crippen LogP contribution in [-0.2, 0) is 9.59 Å². The normalized spacial score (nSPS) is 24.1. The van der Waals surface area contributed by atoms with Crippen molar-refractivity contribution in [1.82, 2.24) is 4.90 Å². The summed E-state index contributed by atoms with van der Waals surface area (Å²) in [6.07, 6.45) is 2.49. The Kier molecular flexibility index (Phi) is 4.16. The van der Waals surface area contributed by atoms with Crippen LogP contribution in [0.25, 0.3) is 0 Å². The first-order valence-corrected chi connectivity index (χ1v) is 7.85. The van der Waals surface area contributed by atoms with Crippen LogP contribution in [0.5, 0.6) is 5.75 Å². The molecular weight excluding hydrogens is 280 g/mol. The lowest BCUT2D eigenvalue weighted by molar-refractivity contribution is -0.123. The second-order valence-corrected chi connectivity index (χ2v) is 6.20. The number of nitrogens with zero attached hydrogens (tertiary/aromatic N) is 2. The molecule has 0 saturated carbocycles. The van der Waals surface area contributed by atoms with E-state index in [0.717, 1.165) is 25.9 Å². The maximum absolute atomic E-state index is 12.7. The fourth-order valence-corrected chi connectivity index (χ4v) is 3.24. The van der Waals surface area contributed by atoms with Crippen LogP contribution in [0, 0.1) is 5.92 Å². The Hall–Kier alpha value is -1.88. The molecule has 2 saturated heterocycles. The number of ether oxygens (including phenoxy) is 1. The molecule has 0 spiro atoms. The van der Waals surface area contributed by atoms with Crippen LogP contribution in [0.4, 0.5) is 5.69 Å². The Morgan fingerprint density at radius 1 is 1.09 bits per heavy atom. The summed E-state index contributed by atoms with van der Waals surface area (Å²) in [5, 5.41) is 0. The molecule has 2 heterocycles. The molecule has 118 valence electrons. The van der Waals surface area contributed by atoms with E-state index < -0.39 is 0 Å². The average molecular weight is 302 g/mol. The summed E-state index contributed by atoms with van der Waals surface area (Å²) in [4.78, 5) is 28.5. The first-order chi connectivity index (χ1) is 10.6. The van der Waals surface area contributed by atoms with E-state index >= 15 is 0 Å². The second kappa shape index (κ2) is 6.08. The third-order valence-electron chi connectivity index (χ3n) is 4.71. The fraction of sp³-hybridized carbons (Fsp3) is 0.529. The lowest BCUT2D eigenvalue weighted by atomic mass is 9.97. The number of carbonyl (C=O) groups excluding carboxylic acids is 2. The molecule has 2 amide bonds. The third kappa shape index (κ3) is 2.73. The molecule has 2 aliphatic rings. The van der Waals surface area contributed by atoms with Gasteiger partial charge in [0.05, 0.1) is 25.3 Å². The minimum atomic E-state index is -0.290. The van der Waals surface area contributed by atoms with Crippen molar-refractivity contribution >= 4 is 17.5 Å². The van der Waals surface area contributed by atoms with E-state index in [4.69, 9.17) is 4.74 Å². The van der Waals surface area contributed by atoms with Gasteiger partial charge in [0.25, 0.3) is 5.91 Å². The summed E-state index contributed by atoms with van der Waals surface area (Å²) in [6, 6.07) is 6.77. The van der Waals surface area contributed by atoms with Gasteiger partial charge in [0.1, 0.15) is 5.75 Å². The van der Waals surface area contributed by atoms with E-state index in [1.165, 1.54) is 4.90 Å². The summed E-state index contributed by atoms with van der Waals surface area (Å²) in [5.41, 5.74) is 0.628. The van der Waals surface area contributed by atoms with Gasteiger partial charge < -0.3 is 4.74 Å². The van der Waals surface area contributed by atoms with Gasteiger partial charge >= 0.3 is 0 Å². The van der Waals surface area contributed by atoms with Gasteiger partial charge in [-0.25, -0.2) is 4.90 Å². The maximum Gasteiger partial charge on any atom is 0.251 e. The number of amides is 2. The summed E-state index contributed by atoms with van der Waals surface area (Å²) in [5.74, 6) is 1.22. The highest BCUT2D eigenvalue weighted by atomic mass is 16.5. The van der Waals surface area contributed by atoms with Crippen molar-refractivity contribution < 1.29 is 14.3 Å². The van der Waals surface area contributed by atoms with E-state index in [1.54, 1.807) is 31.4 Å². The number of hydrogen-bond donors (Lipinski definition) is 0. The predicted octanol–water partition coefficient (Wildman–Crippen LogP) is 2.06. The topological polar surface area (TPSA) is 49.9 Å². The van der Waals surface area contributed by atoms with E-state index in [1.807, 2.05) is 0 Å². The molecule has 1 atom stereocenters. The number of benzene rings is 1. The van der Waals surface area contributed by atoms with Crippen LogP contribution in [-0.4, -0.2) is 43.0 Å². The summed E-state index contributed by atoms with van der Waals surface area (Å²) < 4.78 is 5.12. The number of piperidine rings is 1. The molecule has 2 aliphatic heterocycles. The first kappa shape index (κ1) is 15.0. The Bertz CT molecular complexity index is 562. The molecule has 0 aliphatic carbocycles. The van der Waals surface area contributed by atoms with E-state index in [0.29, 0.717) is 23.8 Å². The number of anilines is 1. The molecule has 1 aromatic rings. The highest BCUT2D eigenvalue weighted by Gasteiger charge is 2.43. The Labute approximate surface area is 130 Å². The van der Waals surface area contributed by atoms with Crippen molar-refractivity contribution in [1.29, 1.82) is 0 Å². The smallest absolute Gasteiger partial charge is 0.251 e. The lowest BCUT2D eigenvalue weighted by Gasteiger charge is -2.33. The number of imide groups is 1. The molecule has 0 unspecified atom stereocenters. The molecule has 0 radical (unpaired) electrons. The van der Waals surface area contributed by atoms with Crippen LogP contribution >= 0.6 is 0 Å². The van der Waals surface area contributed by atoms with E-state index in [2.05, 4.69) is 11.8 Å².